The predicted octanol–water partition coefficient (Wildman–Crippen LogP) is 5.66. The highest BCUT2D eigenvalue weighted by atomic mass is 32.1. The van der Waals surface area contributed by atoms with E-state index in [1.165, 1.54) is 17.2 Å². The van der Waals surface area contributed by atoms with Crippen LogP contribution in [-0.2, 0) is 0 Å². The van der Waals surface area contributed by atoms with Crippen LogP contribution in [-0.4, -0.2) is 5.11 Å². The highest BCUT2D eigenvalue weighted by molar-refractivity contribution is 7.80. The van der Waals surface area contributed by atoms with Crippen LogP contribution >= 0.6 is 12.2 Å². The van der Waals surface area contributed by atoms with Gasteiger partial charge < -0.3 is 15.1 Å². The van der Waals surface area contributed by atoms with E-state index in [9.17, 15) is 4.79 Å². The van der Waals surface area contributed by atoms with E-state index in [0.717, 1.165) is 23.1 Å². The van der Waals surface area contributed by atoms with Gasteiger partial charge in [-0.3, -0.25) is 0 Å². The molecule has 146 valence electrons. The number of nitrogens with one attached hydrogen (secondary N) is 2. The second kappa shape index (κ2) is 8.57. The molecule has 0 saturated carbocycles. The van der Waals surface area contributed by atoms with E-state index < -0.39 is 0 Å². The van der Waals surface area contributed by atoms with Gasteiger partial charge in [0.05, 0.1) is 6.04 Å². The first-order valence-corrected chi connectivity index (χ1v) is 10.00. The van der Waals surface area contributed by atoms with Crippen molar-refractivity contribution in [2.75, 3.05) is 5.32 Å². The van der Waals surface area contributed by atoms with E-state index in [1.807, 2.05) is 19.1 Å². The van der Waals surface area contributed by atoms with Crippen LogP contribution in [0.5, 0.6) is 0 Å². The molecular formula is C23H26N2O2S. The monoisotopic (exact) mass is 394 g/mol. The minimum absolute atomic E-state index is 0.0756. The van der Waals surface area contributed by atoms with E-state index in [-0.39, 0.29) is 11.7 Å². The van der Waals surface area contributed by atoms with Gasteiger partial charge in [0.15, 0.2) is 5.11 Å². The molecule has 2 aromatic carbocycles. The lowest BCUT2D eigenvalue weighted by atomic mass is 9.96. The Hall–Kier alpha value is -2.66. The van der Waals surface area contributed by atoms with E-state index in [1.54, 1.807) is 6.07 Å². The number of aryl methyl sites for hydroxylation is 1. The van der Waals surface area contributed by atoms with E-state index >= 15 is 0 Å². The van der Waals surface area contributed by atoms with Crippen LogP contribution in [0.25, 0.3) is 11.0 Å². The molecule has 0 aliphatic heterocycles. The Kier molecular flexibility index (Phi) is 6.15. The molecule has 1 heterocycles. The van der Waals surface area contributed by atoms with Crippen molar-refractivity contribution < 1.29 is 4.42 Å². The molecule has 5 heteroatoms. The van der Waals surface area contributed by atoms with Gasteiger partial charge in [-0.2, -0.15) is 0 Å². The molecule has 0 fully saturated rings. The summed E-state index contributed by atoms with van der Waals surface area (Å²) in [5.74, 6) is 0.566. The lowest BCUT2D eigenvalue weighted by molar-refractivity contribution is 0.560. The molecule has 3 rings (SSSR count). The first-order chi connectivity index (χ1) is 13.4. The first-order valence-electron chi connectivity index (χ1n) is 9.59. The number of hydrogen-bond acceptors (Lipinski definition) is 3. The maximum Gasteiger partial charge on any atom is 0.336 e. The summed E-state index contributed by atoms with van der Waals surface area (Å²) in [5, 5.41) is 7.91. The summed E-state index contributed by atoms with van der Waals surface area (Å²) in [4.78, 5) is 11.6. The van der Waals surface area contributed by atoms with Gasteiger partial charge in [0, 0.05) is 23.2 Å². The van der Waals surface area contributed by atoms with Crippen LogP contribution < -0.4 is 16.3 Å². The highest BCUT2D eigenvalue weighted by Gasteiger charge is 2.10. The Balaban J connectivity index is 1.68. The zero-order valence-corrected chi connectivity index (χ0v) is 17.5. The van der Waals surface area contributed by atoms with E-state index in [4.69, 9.17) is 16.6 Å². The summed E-state index contributed by atoms with van der Waals surface area (Å²) in [6.45, 7) is 8.41. The molecule has 0 spiro atoms. The average molecular weight is 395 g/mol. The molecule has 3 aromatic rings. The van der Waals surface area contributed by atoms with Gasteiger partial charge in [-0.15, -0.1) is 0 Å². The fraction of sp³-hybridized carbons (Fsp3) is 0.304. The Bertz CT molecular complexity index is 1040. The smallest absolute Gasteiger partial charge is 0.336 e. The summed E-state index contributed by atoms with van der Waals surface area (Å²) >= 11 is 5.46. The number of anilines is 1. The molecule has 0 aliphatic rings. The number of fused-ring (bicyclic) bond motifs is 1. The predicted molar refractivity (Wildman–Crippen MR) is 120 cm³/mol. The van der Waals surface area contributed by atoms with Crippen LogP contribution in [0, 0.1) is 6.92 Å². The molecular weight excluding hydrogens is 368 g/mol. The Morgan fingerprint density at radius 1 is 1.07 bits per heavy atom. The topological polar surface area (TPSA) is 54.3 Å². The van der Waals surface area contributed by atoms with Crippen LogP contribution in [0.2, 0.25) is 0 Å². The van der Waals surface area contributed by atoms with Crippen LogP contribution in [0.1, 0.15) is 55.8 Å². The molecule has 0 radical (unpaired) electrons. The minimum Gasteiger partial charge on any atom is -0.423 e. The fourth-order valence-corrected chi connectivity index (χ4v) is 3.49. The standard InChI is InChI=1S/C23H26N2O2S/c1-5-14(2)17-6-8-18(9-7-17)16(4)24-23(28)25-19-10-11-20-15(3)12-22(26)27-21(20)13-19/h6-14,16H,5H2,1-4H3,(H2,24,25,28). The van der Waals surface area contributed by atoms with Crippen molar-refractivity contribution in [3.8, 4) is 0 Å². The Morgan fingerprint density at radius 3 is 2.43 bits per heavy atom. The maximum absolute atomic E-state index is 11.6. The third-order valence-corrected chi connectivity index (χ3v) is 5.39. The zero-order chi connectivity index (χ0) is 20.3. The number of rotatable bonds is 5. The lowest BCUT2D eigenvalue weighted by Crippen LogP contribution is -2.30. The van der Waals surface area contributed by atoms with Gasteiger partial charge in [-0.05, 0) is 67.2 Å². The summed E-state index contributed by atoms with van der Waals surface area (Å²) in [6.07, 6.45) is 1.13. The van der Waals surface area contributed by atoms with Crippen molar-refractivity contribution in [2.24, 2.45) is 0 Å². The second-order valence-electron chi connectivity index (χ2n) is 7.26. The third-order valence-electron chi connectivity index (χ3n) is 5.17. The van der Waals surface area contributed by atoms with Crippen molar-refractivity contribution in [3.63, 3.8) is 0 Å². The third kappa shape index (κ3) is 4.60. The van der Waals surface area contributed by atoms with Crippen molar-refractivity contribution in [1.82, 2.24) is 5.32 Å². The Morgan fingerprint density at radius 2 is 1.75 bits per heavy atom. The van der Waals surface area contributed by atoms with Crippen molar-refractivity contribution in [1.29, 1.82) is 0 Å². The zero-order valence-electron chi connectivity index (χ0n) is 16.7. The number of hydrogen-bond donors (Lipinski definition) is 2. The van der Waals surface area contributed by atoms with Gasteiger partial charge in [0.1, 0.15) is 5.58 Å². The molecule has 0 aliphatic carbocycles. The van der Waals surface area contributed by atoms with E-state index in [0.29, 0.717) is 16.6 Å². The summed E-state index contributed by atoms with van der Waals surface area (Å²) < 4.78 is 5.30. The molecule has 2 N–H and O–H groups in total. The average Bonchev–Trinajstić information content (AvgIpc) is 2.66. The molecule has 2 unspecified atom stereocenters. The van der Waals surface area contributed by atoms with Gasteiger partial charge in [0.25, 0.3) is 0 Å². The molecule has 28 heavy (non-hydrogen) atoms. The number of benzene rings is 2. The molecule has 0 amide bonds. The molecule has 0 saturated heterocycles. The van der Waals surface area contributed by atoms with Crippen LogP contribution in [0.4, 0.5) is 5.69 Å². The van der Waals surface area contributed by atoms with Gasteiger partial charge in [-0.1, -0.05) is 38.1 Å². The summed E-state index contributed by atoms with van der Waals surface area (Å²) in [6, 6.07) is 15.9. The van der Waals surface area contributed by atoms with Crippen molar-refractivity contribution >= 4 is 34.0 Å². The van der Waals surface area contributed by atoms with Crippen LogP contribution in [0.15, 0.2) is 57.7 Å². The lowest BCUT2D eigenvalue weighted by Gasteiger charge is -2.18. The molecule has 0 bridgehead atoms. The normalized spacial score (nSPS) is 13.1. The largest absolute Gasteiger partial charge is 0.423 e. The highest BCUT2D eigenvalue weighted by Crippen LogP contribution is 2.22. The molecule has 2 atom stereocenters. The SMILES string of the molecule is CCC(C)c1ccc(C(C)NC(=S)Nc2ccc3c(C)cc(=O)oc3c2)cc1. The minimum atomic E-state index is -0.350. The van der Waals surface area contributed by atoms with Crippen LogP contribution in [0.3, 0.4) is 0 Å². The van der Waals surface area contributed by atoms with Gasteiger partial charge in [-0.25, -0.2) is 4.79 Å². The summed E-state index contributed by atoms with van der Waals surface area (Å²) in [5.41, 5.74) is 4.40. The molecule has 4 nitrogen and oxygen atoms in total. The number of thiocarbonyl (C=S) groups is 1. The van der Waals surface area contributed by atoms with Crippen molar-refractivity contribution in [2.45, 2.75) is 46.1 Å². The van der Waals surface area contributed by atoms with Gasteiger partial charge in [0.2, 0.25) is 0 Å². The Labute approximate surface area is 171 Å². The maximum atomic E-state index is 11.6. The van der Waals surface area contributed by atoms with Crippen molar-refractivity contribution in [3.05, 3.63) is 75.6 Å². The molecule has 1 aromatic heterocycles. The second-order valence-corrected chi connectivity index (χ2v) is 7.66. The fourth-order valence-electron chi connectivity index (χ4n) is 3.20. The quantitative estimate of drug-likeness (QED) is 0.432. The van der Waals surface area contributed by atoms with E-state index in [2.05, 4.69) is 55.7 Å². The first kappa shape index (κ1) is 20.1. The van der Waals surface area contributed by atoms with Gasteiger partial charge >= 0.3 is 5.63 Å². The summed E-state index contributed by atoms with van der Waals surface area (Å²) in [7, 11) is 0.